The Kier molecular flexibility index (Phi) is 19.7. The van der Waals surface area contributed by atoms with Gasteiger partial charge in [0.05, 0.1) is 24.4 Å². The minimum atomic E-state index is -2.43. The number of carbonyl (C=O) groups is 5. The van der Waals surface area contributed by atoms with Crippen LogP contribution in [0.1, 0.15) is 119 Å². The number of ketones is 3. The molecule has 0 aromatic carbocycles. The van der Waals surface area contributed by atoms with E-state index >= 15 is 0 Å². The van der Waals surface area contributed by atoms with Crippen LogP contribution in [-0.2, 0) is 42.9 Å². The highest BCUT2D eigenvalue weighted by atomic mass is 16.6. The lowest BCUT2D eigenvalue weighted by atomic mass is 9.78. The lowest BCUT2D eigenvalue weighted by Crippen LogP contribution is -2.59. The van der Waals surface area contributed by atoms with E-state index in [1.807, 2.05) is 51.2 Å². The van der Waals surface area contributed by atoms with Gasteiger partial charge in [0.15, 0.2) is 5.78 Å². The Morgan fingerprint density at radius 3 is 2.25 bits per heavy atom. The molecule has 1 saturated carbocycles. The second-order valence-electron chi connectivity index (χ2n) is 19.0. The minimum Gasteiger partial charge on any atom is -0.460 e. The third-order valence-electron chi connectivity index (χ3n) is 14.0. The van der Waals surface area contributed by atoms with Gasteiger partial charge in [0, 0.05) is 51.4 Å². The minimum absolute atomic E-state index is 0.0360. The quantitative estimate of drug-likeness (QED) is 0.161. The average molecular weight is 886 g/mol. The highest BCUT2D eigenvalue weighted by Crippen LogP contribution is 2.38. The number of cyclic esters (lactones) is 1. The Morgan fingerprint density at radius 2 is 1.57 bits per heavy atom. The monoisotopic (exact) mass is 886 g/mol. The van der Waals surface area contributed by atoms with Gasteiger partial charge < -0.3 is 44.3 Å². The summed E-state index contributed by atoms with van der Waals surface area (Å²) in [6.07, 6.45) is 9.14. The lowest BCUT2D eigenvalue weighted by molar-refractivity contribution is -0.265. The van der Waals surface area contributed by atoms with E-state index in [2.05, 4.69) is 0 Å². The van der Waals surface area contributed by atoms with Gasteiger partial charge in [-0.2, -0.15) is 0 Å². The molecular formula is C49H75NO13. The Labute approximate surface area is 374 Å². The molecular weight excluding hydrogens is 811 g/mol. The SMILES string of the molecule is CO[C@H]1C[C@@H]2CC[C@@H](C)[C@@](O)(O2)C(=O)C(=O)N2CCC[C@H]2C(=O)O[C@H]([C@H](C)C[C@@H]2CC[C@@H](O)[C@H](OC)C2)CC(=O)[C@H](C)/C=C(/C)[C@@H](O)[C@@H](O)C(=O)[C@H](C)C[C@H](C)\C=C/C=C/C=C/1C. The van der Waals surface area contributed by atoms with E-state index < -0.39 is 89.6 Å². The van der Waals surface area contributed by atoms with Crippen LogP contribution in [0.25, 0.3) is 0 Å². The summed E-state index contributed by atoms with van der Waals surface area (Å²) in [6.45, 7) is 12.4. The number of aliphatic hydroxyl groups is 4. The molecule has 14 heteroatoms. The van der Waals surface area contributed by atoms with Gasteiger partial charge in [0.25, 0.3) is 11.7 Å². The van der Waals surface area contributed by atoms with Crippen molar-refractivity contribution < 1.29 is 63.3 Å². The van der Waals surface area contributed by atoms with Gasteiger partial charge in [-0.3, -0.25) is 19.2 Å². The molecule has 63 heavy (non-hydrogen) atoms. The second kappa shape index (κ2) is 23.7. The molecule has 15 atom stereocenters. The van der Waals surface area contributed by atoms with E-state index in [4.69, 9.17) is 18.9 Å². The van der Waals surface area contributed by atoms with Crippen molar-refractivity contribution in [3.05, 3.63) is 47.6 Å². The zero-order valence-electron chi connectivity index (χ0n) is 38.9. The average Bonchev–Trinajstić information content (AvgIpc) is 3.75. The summed E-state index contributed by atoms with van der Waals surface area (Å²) in [6, 6.07) is -1.14. The number of amides is 1. The van der Waals surface area contributed by atoms with Gasteiger partial charge in [0.2, 0.25) is 5.79 Å². The highest BCUT2D eigenvalue weighted by Gasteiger charge is 2.53. The Bertz CT molecular complexity index is 1720. The van der Waals surface area contributed by atoms with Gasteiger partial charge in [-0.05, 0) is 101 Å². The summed E-state index contributed by atoms with van der Waals surface area (Å²) < 4.78 is 23.6. The van der Waals surface area contributed by atoms with E-state index in [0.29, 0.717) is 57.8 Å². The molecule has 2 bridgehead atoms. The fraction of sp³-hybridized carbons (Fsp3) is 0.735. The summed E-state index contributed by atoms with van der Waals surface area (Å²) in [4.78, 5) is 70.7. The van der Waals surface area contributed by atoms with Gasteiger partial charge in [-0.1, -0.05) is 71.1 Å². The van der Waals surface area contributed by atoms with Crippen LogP contribution >= 0.6 is 0 Å². The summed E-state index contributed by atoms with van der Waals surface area (Å²) in [5.41, 5.74) is 1.11. The fourth-order valence-electron chi connectivity index (χ4n) is 9.73. The molecule has 14 nitrogen and oxygen atoms in total. The number of nitrogens with zero attached hydrogens (tertiary/aromatic N) is 1. The van der Waals surface area contributed by atoms with E-state index in [1.165, 1.54) is 6.08 Å². The summed E-state index contributed by atoms with van der Waals surface area (Å²) >= 11 is 0. The van der Waals surface area contributed by atoms with Crippen molar-refractivity contribution >= 4 is 29.2 Å². The number of hydrogen-bond acceptors (Lipinski definition) is 13. The predicted molar refractivity (Wildman–Crippen MR) is 236 cm³/mol. The molecule has 354 valence electrons. The standard InChI is InChI=1S/C49H75NO13/c1-28-14-11-10-12-15-29(2)40(60-8)26-36-19-17-34(7)49(59,63-36)46(56)47(57)50-21-13-16-37(50)48(58)62-41(31(4)24-35-18-20-38(51)42(25-35)61-9)27-39(52)30(3)23-33(6)44(54)45(55)43(53)32(5)22-28/h10-12,14-15,23,28,30-32,34-38,40-42,44-45,51,54-55,59H,13,16-22,24-27H2,1-9H3/b12-10+,14-11-,29-15+,33-23-/t28-,30-,31-,32-,34-,35+,36+,37+,38-,40+,41+,42-,44-,45+,49-/m1/s1. The summed E-state index contributed by atoms with van der Waals surface area (Å²) in [5, 5.41) is 44.3. The molecule has 3 aliphatic heterocycles. The van der Waals surface area contributed by atoms with Crippen LogP contribution in [0.3, 0.4) is 0 Å². The van der Waals surface area contributed by atoms with Gasteiger partial charge in [-0.25, -0.2) is 4.79 Å². The summed E-state index contributed by atoms with van der Waals surface area (Å²) in [5.74, 6) is -8.60. The normalized spacial score (nSPS) is 41.1. The Morgan fingerprint density at radius 1 is 0.857 bits per heavy atom. The van der Waals surface area contributed by atoms with Crippen LogP contribution in [0.15, 0.2) is 47.6 Å². The third kappa shape index (κ3) is 13.6. The maximum absolute atomic E-state index is 14.2. The number of methoxy groups -OCH3 is 2. The molecule has 1 amide bonds. The molecule has 0 radical (unpaired) electrons. The van der Waals surface area contributed by atoms with Crippen molar-refractivity contribution in [2.45, 2.75) is 174 Å². The van der Waals surface area contributed by atoms with E-state index in [-0.39, 0.29) is 54.6 Å². The number of fused-ring (bicyclic) bond motifs is 3. The second-order valence-corrected chi connectivity index (χ2v) is 19.0. The summed E-state index contributed by atoms with van der Waals surface area (Å²) in [7, 11) is 3.12. The molecule has 4 aliphatic rings. The first-order valence-electron chi connectivity index (χ1n) is 23.0. The number of allylic oxidation sites excluding steroid dienone is 6. The number of rotatable bonds is 5. The topological polar surface area (TPSA) is 206 Å². The van der Waals surface area contributed by atoms with Crippen molar-refractivity contribution in [1.82, 2.24) is 4.90 Å². The van der Waals surface area contributed by atoms with Crippen LogP contribution in [-0.4, -0.2) is 130 Å². The molecule has 0 aromatic heterocycles. The molecule has 2 saturated heterocycles. The predicted octanol–water partition coefficient (Wildman–Crippen LogP) is 5.14. The molecule has 1 aliphatic carbocycles. The van der Waals surface area contributed by atoms with Crippen molar-refractivity contribution in [2.75, 3.05) is 20.8 Å². The van der Waals surface area contributed by atoms with Crippen LogP contribution in [0, 0.1) is 35.5 Å². The van der Waals surface area contributed by atoms with Crippen molar-refractivity contribution in [3.8, 4) is 0 Å². The fourth-order valence-corrected chi connectivity index (χ4v) is 9.73. The molecule has 4 N–H and O–H groups in total. The maximum atomic E-state index is 14.2. The number of aliphatic hydroxyl groups excluding tert-OH is 3. The molecule has 0 spiro atoms. The Balaban J connectivity index is 1.67. The smallest absolute Gasteiger partial charge is 0.329 e. The van der Waals surface area contributed by atoms with Gasteiger partial charge in [0.1, 0.15) is 30.1 Å². The first-order valence-corrected chi connectivity index (χ1v) is 23.0. The van der Waals surface area contributed by atoms with Gasteiger partial charge in [-0.15, -0.1) is 0 Å². The van der Waals surface area contributed by atoms with Crippen molar-refractivity contribution in [1.29, 1.82) is 0 Å². The van der Waals surface area contributed by atoms with Gasteiger partial charge >= 0.3 is 5.97 Å². The molecule has 3 heterocycles. The van der Waals surface area contributed by atoms with Crippen LogP contribution < -0.4 is 0 Å². The number of hydrogen-bond donors (Lipinski definition) is 4. The molecule has 3 fully saturated rings. The number of Topliss-reactive ketones (excluding diaryl/α,β-unsaturated/α-hetero) is 3. The van der Waals surface area contributed by atoms with E-state index in [1.54, 1.807) is 41.9 Å². The third-order valence-corrected chi connectivity index (χ3v) is 14.0. The number of ether oxygens (including phenoxy) is 4. The molecule has 4 rings (SSSR count). The van der Waals surface area contributed by atoms with Crippen molar-refractivity contribution in [3.63, 3.8) is 0 Å². The number of esters is 1. The van der Waals surface area contributed by atoms with Crippen molar-refractivity contribution in [2.24, 2.45) is 35.5 Å². The first-order chi connectivity index (χ1) is 29.7. The lowest BCUT2D eigenvalue weighted by Gasteiger charge is -2.41. The van der Waals surface area contributed by atoms with Crippen LogP contribution in [0.2, 0.25) is 0 Å². The first kappa shape index (κ1) is 52.3. The van der Waals surface area contributed by atoms with Crippen LogP contribution in [0.4, 0.5) is 0 Å². The number of carbonyl (C=O) groups excluding carboxylic acids is 5. The largest absolute Gasteiger partial charge is 0.460 e. The maximum Gasteiger partial charge on any atom is 0.329 e. The molecule has 0 aromatic rings. The zero-order chi connectivity index (χ0) is 46.8. The van der Waals surface area contributed by atoms with E-state index in [0.717, 1.165) is 10.5 Å². The highest BCUT2D eigenvalue weighted by molar-refractivity contribution is 6.39. The van der Waals surface area contributed by atoms with Crippen LogP contribution in [0.5, 0.6) is 0 Å². The molecule has 0 unspecified atom stereocenters. The zero-order valence-corrected chi connectivity index (χ0v) is 38.9. The Hall–Kier alpha value is -3.37. The van der Waals surface area contributed by atoms with E-state index in [9.17, 15) is 44.4 Å².